The van der Waals surface area contributed by atoms with Crippen LogP contribution >= 0.6 is 0 Å². The predicted octanol–water partition coefficient (Wildman–Crippen LogP) is 1.31. The van der Waals surface area contributed by atoms with Gasteiger partial charge in [0.25, 0.3) is 0 Å². The van der Waals surface area contributed by atoms with Crippen LogP contribution in [-0.2, 0) is 9.53 Å². The molecule has 1 aliphatic heterocycles. The number of hydrogen-bond acceptors (Lipinski definition) is 3. The van der Waals surface area contributed by atoms with Gasteiger partial charge in [0.05, 0.1) is 5.60 Å². The third-order valence-corrected chi connectivity index (χ3v) is 2.88. The van der Waals surface area contributed by atoms with E-state index in [4.69, 9.17) is 4.74 Å². The summed E-state index contributed by atoms with van der Waals surface area (Å²) in [6, 6.07) is 7.71. The van der Waals surface area contributed by atoms with Gasteiger partial charge >= 0.3 is 0 Å². The molecule has 0 aromatic heterocycles. The fourth-order valence-corrected chi connectivity index (χ4v) is 1.65. The molecule has 1 saturated heterocycles. The highest BCUT2D eigenvalue weighted by Crippen LogP contribution is 2.15. The molecule has 1 fully saturated rings. The van der Waals surface area contributed by atoms with Crippen LogP contribution in [-0.4, -0.2) is 31.2 Å². The monoisotopic (exact) mass is 234 g/mol. The largest absolute Gasteiger partial charge is 0.363 e. The number of anilines is 1. The fourth-order valence-electron chi connectivity index (χ4n) is 1.65. The quantitative estimate of drug-likeness (QED) is 0.826. The average molecular weight is 234 g/mol. The van der Waals surface area contributed by atoms with Gasteiger partial charge in [-0.05, 0) is 26.0 Å². The first-order valence-corrected chi connectivity index (χ1v) is 5.79. The van der Waals surface area contributed by atoms with E-state index in [1.165, 1.54) is 5.56 Å². The molecule has 0 aliphatic carbocycles. The Morgan fingerprint density at radius 1 is 1.41 bits per heavy atom. The van der Waals surface area contributed by atoms with Crippen molar-refractivity contribution in [1.82, 2.24) is 5.32 Å². The first kappa shape index (κ1) is 12.1. The van der Waals surface area contributed by atoms with Gasteiger partial charge in [-0.2, -0.15) is 0 Å². The number of hydrogen-bond donors (Lipinski definition) is 2. The zero-order valence-corrected chi connectivity index (χ0v) is 10.2. The summed E-state index contributed by atoms with van der Waals surface area (Å²) in [5, 5.41) is 5.93. The Labute approximate surface area is 101 Å². The minimum Gasteiger partial charge on any atom is -0.363 e. The van der Waals surface area contributed by atoms with Crippen LogP contribution in [0.2, 0.25) is 0 Å². The van der Waals surface area contributed by atoms with E-state index in [1.54, 1.807) is 0 Å². The van der Waals surface area contributed by atoms with Crippen molar-refractivity contribution in [2.45, 2.75) is 19.4 Å². The predicted molar refractivity (Wildman–Crippen MR) is 67.0 cm³/mol. The van der Waals surface area contributed by atoms with Gasteiger partial charge < -0.3 is 15.4 Å². The Kier molecular flexibility index (Phi) is 3.45. The first-order chi connectivity index (χ1) is 8.07. The summed E-state index contributed by atoms with van der Waals surface area (Å²) in [4.78, 5) is 11.6. The number of ether oxygens (including phenoxy) is 1. The van der Waals surface area contributed by atoms with Gasteiger partial charge in [-0.1, -0.05) is 17.7 Å². The molecular formula is C13H18N2O2. The molecule has 2 N–H and O–H groups in total. The third-order valence-electron chi connectivity index (χ3n) is 2.88. The molecule has 1 aromatic carbocycles. The molecule has 2 rings (SSSR count). The van der Waals surface area contributed by atoms with Crippen molar-refractivity contribution < 1.29 is 9.53 Å². The number of benzene rings is 1. The number of carbonyl (C=O) groups is 1. The first-order valence-electron chi connectivity index (χ1n) is 5.79. The fraction of sp³-hybridized carbons (Fsp3) is 0.462. The lowest BCUT2D eigenvalue weighted by Gasteiger charge is -2.38. The Morgan fingerprint density at radius 2 is 2.06 bits per heavy atom. The number of rotatable bonds is 4. The number of carbonyl (C=O) groups excluding carboxylic acids is 1. The zero-order valence-electron chi connectivity index (χ0n) is 10.2. The summed E-state index contributed by atoms with van der Waals surface area (Å²) in [5.41, 5.74) is 1.80. The summed E-state index contributed by atoms with van der Waals surface area (Å²) in [6.45, 7) is 5.74. The molecule has 1 aliphatic rings. The molecule has 1 aromatic rings. The topological polar surface area (TPSA) is 50.4 Å². The second-order valence-electron chi connectivity index (χ2n) is 4.76. The maximum absolute atomic E-state index is 11.6. The van der Waals surface area contributed by atoms with E-state index < -0.39 is 0 Å². The number of aryl methyl sites for hydroxylation is 1. The van der Waals surface area contributed by atoms with Crippen molar-refractivity contribution >= 4 is 11.6 Å². The highest BCUT2D eigenvalue weighted by molar-refractivity contribution is 5.91. The molecule has 0 spiro atoms. The van der Waals surface area contributed by atoms with E-state index >= 15 is 0 Å². The third kappa shape index (κ3) is 3.28. The summed E-state index contributed by atoms with van der Waals surface area (Å²) in [7, 11) is 0. The van der Waals surface area contributed by atoms with Crippen molar-refractivity contribution in [2.24, 2.45) is 0 Å². The highest BCUT2D eigenvalue weighted by Gasteiger charge is 2.32. The van der Waals surface area contributed by atoms with E-state index in [0.29, 0.717) is 0 Å². The van der Waals surface area contributed by atoms with Crippen LogP contribution in [0.3, 0.4) is 0 Å². The molecule has 0 saturated carbocycles. The van der Waals surface area contributed by atoms with Crippen molar-refractivity contribution in [2.75, 3.05) is 25.0 Å². The summed E-state index contributed by atoms with van der Waals surface area (Å²) < 4.78 is 5.55. The van der Waals surface area contributed by atoms with Gasteiger partial charge in [-0.3, -0.25) is 4.79 Å². The lowest BCUT2D eigenvalue weighted by atomic mass is 10.0. The van der Waals surface area contributed by atoms with Crippen LogP contribution in [0, 0.1) is 6.92 Å². The van der Waals surface area contributed by atoms with Crippen molar-refractivity contribution in [3.8, 4) is 0 Å². The summed E-state index contributed by atoms with van der Waals surface area (Å²) in [6.07, 6.45) is 0. The SMILES string of the molecule is Cc1ccc(NC(=O)COC2(C)CNC2)cc1. The lowest BCUT2D eigenvalue weighted by Crippen LogP contribution is -2.59. The zero-order chi connectivity index (χ0) is 12.3. The lowest BCUT2D eigenvalue weighted by molar-refractivity contribution is -0.130. The van der Waals surface area contributed by atoms with Crippen LogP contribution in [0.1, 0.15) is 12.5 Å². The maximum Gasteiger partial charge on any atom is 0.250 e. The molecule has 92 valence electrons. The standard InChI is InChI=1S/C13H18N2O2/c1-10-3-5-11(6-4-10)15-12(16)7-17-13(2)8-14-9-13/h3-6,14H,7-9H2,1-2H3,(H,15,16). The van der Waals surface area contributed by atoms with E-state index in [-0.39, 0.29) is 18.1 Å². The summed E-state index contributed by atoms with van der Waals surface area (Å²) in [5.74, 6) is -0.109. The van der Waals surface area contributed by atoms with Crippen molar-refractivity contribution in [3.05, 3.63) is 29.8 Å². The maximum atomic E-state index is 11.6. The van der Waals surface area contributed by atoms with Gasteiger partial charge in [-0.25, -0.2) is 0 Å². The molecule has 0 atom stereocenters. The number of amides is 1. The summed E-state index contributed by atoms with van der Waals surface area (Å²) >= 11 is 0. The highest BCUT2D eigenvalue weighted by atomic mass is 16.5. The van der Waals surface area contributed by atoms with E-state index in [0.717, 1.165) is 18.8 Å². The van der Waals surface area contributed by atoms with Crippen LogP contribution in [0.5, 0.6) is 0 Å². The van der Waals surface area contributed by atoms with E-state index in [9.17, 15) is 4.79 Å². The second-order valence-corrected chi connectivity index (χ2v) is 4.76. The minimum atomic E-state index is -0.176. The molecule has 4 heteroatoms. The molecular weight excluding hydrogens is 216 g/mol. The van der Waals surface area contributed by atoms with E-state index in [2.05, 4.69) is 10.6 Å². The molecule has 0 bridgehead atoms. The van der Waals surface area contributed by atoms with Crippen LogP contribution in [0.4, 0.5) is 5.69 Å². The second kappa shape index (κ2) is 4.85. The minimum absolute atomic E-state index is 0.103. The molecule has 0 radical (unpaired) electrons. The Bertz CT molecular complexity index is 396. The smallest absolute Gasteiger partial charge is 0.250 e. The van der Waals surface area contributed by atoms with Crippen molar-refractivity contribution in [3.63, 3.8) is 0 Å². The van der Waals surface area contributed by atoms with Crippen LogP contribution in [0.15, 0.2) is 24.3 Å². The number of nitrogens with one attached hydrogen (secondary N) is 2. The van der Waals surface area contributed by atoms with Gasteiger partial charge in [0, 0.05) is 18.8 Å². The molecule has 4 nitrogen and oxygen atoms in total. The average Bonchev–Trinajstić information content (AvgIpc) is 2.27. The van der Waals surface area contributed by atoms with Gasteiger partial charge in [0.1, 0.15) is 6.61 Å². The van der Waals surface area contributed by atoms with Crippen LogP contribution in [0.25, 0.3) is 0 Å². The van der Waals surface area contributed by atoms with E-state index in [1.807, 2.05) is 38.1 Å². The van der Waals surface area contributed by atoms with Crippen LogP contribution < -0.4 is 10.6 Å². The normalized spacial score (nSPS) is 17.3. The Balaban J connectivity index is 1.79. The molecule has 17 heavy (non-hydrogen) atoms. The molecule has 0 unspecified atom stereocenters. The van der Waals surface area contributed by atoms with Gasteiger partial charge in [0.2, 0.25) is 5.91 Å². The van der Waals surface area contributed by atoms with Gasteiger partial charge in [-0.15, -0.1) is 0 Å². The molecule has 1 heterocycles. The Hall–Kier alpha value is -1.39. The van der Waals surface area contributed by atoms with Gasteiger partial charge in [0.15, 0.2) is 0 Å². The Morgan fingerprint density at radius 3 is 2.59 bits per heavy atom. The molecule has 1 amide bonds. The van der Waals surface area contributed by atoms with Crippen molar-refractivity contribution in [1.29, 1.82) is 0 Å².